The van der Waals surface area contributed by atoms with Crippen LogP contribution in [0.15, 0.2) is 52.8 Å². The number of likely N-dealkylation sites (tertiary alicyclic amines) is 1. The van der Waals surface area contributed by atoms with Crippen molar-refractivity contribution >= 4 is 52.9 Å². The minimum absolute atomic E-state index is 0. The first kappa shape index (κ1) is 22.6. The number of guanidine groups is 1. The first-order valence-corrected chi connectivity index (χ1v) is 10.2. The number of carbonyl (C=O) groups is 1. The average molecular weight is 513 g/mol. The summed E-state index contributed by atoms with van der Waals surface area (Å²) in [6.07, 6.45) is 2.52. The molecule has 1 aliphatic rings. The number of amides is 1. The smallest absolute Gasteiger partial charge is 0.243 e. The topological polar surface area (TPSA) is 68.8 Å². The van der Waals surface area contributed by atoms with Crippen LogP contribution in [0.4, 0.5) is 5.69 Å². The number of hydrogen-bond donors (Lipinski definition) is 3. The molecule has 1 unspecified atom stereocenters. The molecule has 2 heterocycles. The Hall–Kier alpha value is -1.65. The molecular formula is C20H28IN5OS. The van der Waals surface area contributed by atoms with Crippen molar-refractivity contribution in [1.82, 2.24) is 15.5 Å². The van der Waals surface area contributed by atoms with Crippen LogP contribution in [0.1, 0.15) is 23.8 Å². The van der Waals surface area contributed by atoms with Gasteiger partial charge in [0.1, 0.15) is 0 Å². The van der Waals surface area contributed by atoms with E-state index >= 15 is 0 Å². The van der Waals surface area contributed by atoms with Gasteiger partial charge >= 0.3 is 0 Å². The van der Waals surface area contributed by atoms with Gasteiger partial charge in [0.15, 0.2) is 5.96 Å². The van der Waals surface area contributed by atoms with E-state index in [2.05, 4.69) is 43.4 Å². The summed E-state index contributed by atoms with van der Waals surface area (Å²) in [5, 5.41) is 11.5. The molecule has 1 aromatic carbocycles. The van der Waals surface area contributed by atoms with E-state index in [1.165, 1.54) is 17.7 Å². The van der Waals surface area contributed by atoms with Gasteiger partial charge in [-0.15, -0.1) is 35.3 Å². The maximum atomic E-state index is 12.1. The fourth-order valence-electron chi connectivity index (χ4n) is 3.25. The number of benzene rings is 1. The molecule has 1 fully saturated rings. The quantitative estimate of drug-likeness (QED) is 0.302. The number of carbonyl (C=O) groups excluding carboxylic acids is 1. The molecule has 1 amide bonds. The Morgan fingerprint density at radius 3 is 2.54 bits per heavy atom. The summed E-state index contributed by atoms with van der Waals surface area (Å²) in [6.45, 7) is 3.20. The third kappa shape index (κ3) is 6.75. The molecule has 28 heavy (non-hydrogen) atoms. The number of aliphatic imine (C=N–C) groups is 1. The number of thiophene rings is 1. The zero-order chi connectivity index (χ0) is 18.9. The van der Waals surface area contributed by atoms with Gasteiger partial charge in [-0.1, -0.05) is 24.3 Å². The molecule has 1 aliphatic heterocycles. The molecule has 1 saturated heterocycles. The summed E-state index contributed by atoms with van der Waals surface area (Å²) in [7, 11) is 1.72. The van der Waals surface area contributed by atoms with E-state index < -0.39 is 0 Å². The molecular weight excluding hydrogens is 485 g/mol. The number of anilines is 1. The average Bonchev–Trinajstić information content (AvgIpc) is 3.40. The van der Waals surface area contributed by atoms with Gasteiger partial charge < -0.3 is 16.0 Å². The Bertz CT molecular complexity index is 732. The third-order valence-electron chi connectivity index (χ3n) is 4.61. The lowest BCUT2D eigenvalue weighted by atomic mass is 10.2. The van der Waals surface area contributed by atoms with E-state index in [0.29, 0.717) is 12.0 Å². The van der Waals surface area contributed by atoms with Crippen molar-refractivity contribution in [2.24, 2.45) is 4.99 Å². The van der Waals surface area contributed by atoms with E-state index in [1.807, 2.05) is 30.3 Å². The molecule has 0 saturated carbocycles. The number of hydrogen-bond acceptors (Lipinski definition) is 4. The summed E-state index contributed by atoms with van der Waals surface area (Å²) in [6, 6.07) is 14.1. The van der Waals surface area contributed by atoms with Crippen molar-refractivity contribution < 1.29 is 4.79 Å². The highest BCUT2D eigenvalue weighted by molar-refractivity contribution is 14.0. The molecule has 2 aromatic rings. The zero-order valence-corrected chi connectivity index (χ0v) is 19.2. The maximum absolute atomic E-state index is 12.1. The molecule has 3 N–H and O–H groups in total. The number of halogens is 1. The predicted molar refractivity (Wildman–Crippen MR) is 128 cm³/mol. The third-order valence-corrected chi connectivity index (χ3v) is 5.59. The molecule has 3 rings (SSSR count). The fourth-order valence-corrected chi connectivity index (χ4v) is 4.11. The molecule has 0 aliphatic carbocycles. The first-order valence-electron chi connectivity index (χ1n) is 9.33. The van der Waals surface area contributed by atoms with Crippen LogP contribution >= 0.6 is 35.3 Å². The normalized spacial score (nSPS) is 15.5. The standard InChI is InChI=1S/C20H27N5OS.HI/c1-21-20(23-15-19(26)24-16-8-3-2-4-9-16)22-14-17(18-10-7-13-27-18)25-11-5-6-12-25;/h2-4,7-10,13,17H,5-6,11-12,14-15H2,1H3,(H,24,26)(H2,21,22,23);1H. The Balaban J connectivity index is 0.00000280. The van der Waals surface area contributed by atoms with E-state index in [0.717, 1.165) is 25.3 Å². The second kappa shape index (κ2) is 12.0. The number of nitrogens with zero attached hydrogens (tertiary/aromatic N) is 2. The molecule has 1 atom stereocenters. The van der Waals surface area contributed by atoms with Crippen LogP contribution in [0.2, 0.25) is 0 Å². The highest BCUT2D eigenvalue weighted by Gasteiger charge is 2.24. The zero-order valence-electron chi connectivity index (χ0n) is 16.1. The molecule has 0 bridgehead atoms. The van der Waals surface area contributed by atoms with Gasteiger partial charge in [-0.05, 0) is 49.5 Å². The summed E-state index contributed by atoms with van der Waals surface area (Å²) in [4.78, 5) is 20.2. The van der Waals surface area contributed by atoms with Crippen LogP contribution in [0, 0.1) is 0 Å². The first-order chi connectivity index (χ1) is 13.3. The molecule has 0 radical (unpaired) electrons. The van der Waals surface area contributed by atoms with Gasteiger partial charge in [-0.2, -0.15) is 0 Å². The maximum Gasteiger partial charge on any atom is 0.243 e. The second-order valence-electron chi connectivity index (χ2n) is 6.50. The monoisotopic (exact) mass is 513 g/mol. The fraction of sp³-hybridized carbons (Fsp3) is 0.400. The lowest BCUT2D eigenvalue weighted by Gasteiger charge is -2.27. The Morgan fingerprint density at radius 2 is 1.89 bits per heavy atom. The summed E-state index contributed by atoms with van der Waals surface area (Å²) >= 11 is 1.79. The molecule has 152 valence electrons. The van der Waals surface area contributed by atoms with Crippen molar-refractivity contribution in [2.75, 3.05) is 38.5 Å². The second-order valence-corrected chi connectivity index (χ2v) is 7.47. The number of para-hydroxylation sites is 1. The molecule has 8 heteroatoms. The lowest BCUT2D eigenvalue weighted by Crippen LogP contribution is -2.44. The molecule has 0 spiro atoms. The minimum Gasteiger partial charge on any atom is -0.354 e. The van der Waals surface area contributed by atoms with Crippen LogP contribution in [0.3, 0.4) is 0 Å². The molecule has 1 aromatic heterocycles. The van der Waals surface area contributed by atoms with Crippen LogP contribution in [-0.4, -0.2) is 50.0 Å². The van der Waals surface area contributed by atoms with E-state index in [9.17, 15) is 4.79 Å². The SMILES string of the molecule is CN=C(NCC(=O)Nc1ccccc1)NCC(c1cccs1)N1CCCC1.I. The highest BCUT2D eigenvalue weighted by Crippen LogP contribution is 2.27. The minimum atomic E-state index is -0.0986. The van der Waals surface area contributed by atoms with Crippen molar-refractivity contribution in [3.8, 4) is 0 Å². The van der Waals surface area contributed by atoms with Crippen molar-refractivity contribution in [2.45, 2.75) is 18.9 Å². The Morgan fingerprint density at radius 1 is 1.14 bits per heavy atom. The van der Waals surface area contributed by atoms with Gasteiger partial charge in [0.2, 0.25) is 5.91 Å². The number of rotatable bonds is 7. The van der Waals surface area contributed by atoms with E-state index in [1.54, 1.807) is 18.4 Å². The summed E-state index contributed by atoms with van der Waals surface area (Å²) in [5.74, 6) is 0.539. The summed E-state index contributed by atoms with van der Waals surface area (Å²) < 4.78 is 0. The van der Waals surface area contributed by atoms with Crippen LogP contribution < -0.4 is 16.0 Å². The van der Waals surface area contributed by atoms with Gasteiger partial charge in [-0.25, -0.2) is 0 Å². The van der Waals surface area contributed by atoms with E-state index in [-0.39, 0.29) is 36.4 Å². The van der Waals surface area contributed by atoms with Gasteiger partial charge in [-0.3, -0.25) is 14.7 Å². The Kier molecular flexibility index (Phi) is 9.72. The Labute approximate surface area is 187 Å². The number of nitrogens with one attached hydrogen (secondary N) is 3. The lowest BCUT2D eigenvalue weighted by molar-refractivity contribution is -0.115. The van der Waals surface area contributed by atoms with Crippen molar-refractivity contribution in [3.05, 3.63) is 52.7 Å². The van der Waals surface area contributed by atoms with Crippen molar-refractivity contribution in [3.63, 3.8) is 0 Å². The molecule has 6 nitrogen and oxygen atoms in total. The van der Waals surface area contributed by atoms with Crippen LogP contribution in [0.5, 0.6) is 0 Å². The highest BCUT2D eigenvalue weighted by atomic mass is 127. The van der Waals surface area contributed by atoms with Crippen LogP contribution in [0.25, 0.3) is 0 Å². The summed E-state index contributed by atoms with van der Waals surface area (Å²) in [5.41, 5.74) is 0.791. The van der Waals surface area contributed by atoms with Crippen LogP contribution in [-0.2, 0) is 4.79 Å². The van der Waals surface area contributed by atoms with Gasteiger partial charge in [0, 0.05) is 24.2 Å². The van der Waals surface area contributed by atoms with Crippen molar-refractivity contribution in [1.29, 1.82) is 0 Å². The largest absolute Gasteiger partial charge is 0.354 e. The van der Waals surface area contributed by atoms with Gasteiger partial charge in [0.05, 0.1) is 12.6 Å². The van der Waals surface area contributed by atoms with E-state index in [4.69, 9.17) is 0 Å². The van der Waals surface area contributed by atoms with Gasteiger partial charge in [0.25, 0.3) is 0 Å². The predicted octanol–water partition coefficient (Wildman–Crippen LogP) is 3.31.